The van der Waals surface area contributed by atoms with Crippen molar-refractivity contribution >= 4 is 50.6 Å². The van der Waals surface area contributed by atoms with E-state index in [1.165, 1.54) is 7.11 Å². The Bertz CT molecular complexity index is 1090. The molecule has 0 aliphatic rings. The zero-order chi connectivity index (χ0) is 20.3. The number of hydrogen-bond donors (Lipinski definition) is 1. The Kier molecular flexibility index (Phi) is 5.96. The van der Waals surface area contributed by atoms with Crippen LogP contribution in [0.3, 0.4) is 0 Å². The third-order valence-electron chi connectivity index (χ3n) is 3.81. The molecule has 2 aromatic heterocycles. The number of halogens is 1. The number of esters is 1. The van der Waals surface area contributed by atoms with E-state index in [1.54, 1.807) is 36.6 Å². The van der Waals surface area contributed by atoms with Crippen LogP contribution in [0.15, 0.2) is 34.4 Å². The Balaban J connectivity index is 2.26. The van der Waals surface area contributed by atoms with Crippen molar-refractivity contribution in [3.8, 4) is 11.4 Å². The Morgan fingerprint density at radius 1 is 1.29 bits per heavy atom. The van der Waals surface area contributed by atoms with E-state index < -0.39 is 17.4 Å². The molecular weight excluding hydrogens is 406 g/mol. The molecule has 0 unspecified atom stereocenters. The summed E-state index contributed by atoms with van der Waals surface area (Å²) in [5, 5.41) is 9.15. The lowest BCUT2D eigenvalue weighted by atomic mass is 10.2. The summed E-state index contributed by atoms with van der Waals surface area (Å²) in [4.78, 5) is 37.2. The first-order valence-corrected chi connectivity index (χ1v) is 9.63. The highest BCUT2D eigenvalue weighted by Crippen LogP contribution is 2.30. The Morgan fingerprint density at radius 2 is 2.00 bits per heavy atom. The number of aromatic nitrogens is 2. The molecule has 1 amide bonds. The van der Waals surface area contributed by atoms with Crippen LogP contribution in [0.25, 0.3) is 16.5 Å². The summed E-state index contributed by atoms with van der Waals surface area (Å²) in [6.07, 6.45) is 0. The minimum absolute atomic E-state index is 0.0186. The van der Waals surface area contributed by atoms with Gasteiger partial charge in [0.15, 0.2) is 5.69 Å². The second kappa shape index (κ2) is 8.41. The summed E-state index contributed by atoms with van der Waals surface area (Å²) in [6.45, 7) is 1.83. The number of hydrogen-bond acceptors (Lipinski definition) is 7. The fourth-order valence-electron chi connectivity index (χ4n) is 2.55. The first-order valence-electron chi connectivity index (χ1n) is 8.22. The van der Waals surface area contributed by atoms with E-state index in [9.17, 15) is 14.4 Å². The smallest absolute Gasteiger partial charge is 0.359 e. The van der Waals surface area contributed by atoms with E-state index in [0.29, 0.717) is 21.8 Å². The van der Waals surface area contributed by atoms with Crippen molar-refractivity contribution in [2.75, 3.05) is 24.9 Å². The quantitative estimate of drug-likeness (QED) is 0.485. The normalized spacial score (nSPS) is 10.7. The zero-order valence-corrected chi connectivity index (χ0v) is 16.6. The fourth-order valence-corrected chi connectivity index (χ4v) is 3.57. The number of methoxy groups -OCH3 is 1. The van der Waals surface area contributed by atoms with E-state index in [4.69, 9.17) is 21.1 Å². The van der Waals surface area contributed by atoms with Gasteiger partial charge in [0, 0.05) is 10.8 Å². The summed E-state index contributed by atoms with van der Waals surface area (Å²) >= 11 is 6.66. The molecule has 1 N–H and O–H groups in total. The molecule has 0 aliphatic heterocycles. The number of benzene rings is 1. The highest BCUT2D eigenvalue weighted by Gasteiger charge is 2.23. The molecule has 0 aliphatic carbocycles. The van der Waals surface area contributed by atoms with Crippen LogP contribution < -0.4 is 15.6 Å². The van der Waals surface area contributed by atoms with E-state index in [-0.39, 0.29) is 23.6 Å². The molecule has 0 bridgehead atoms. The monoisotopic (exact) mass is 421 g/mol. The number of amides is 1. The van der Waals surface area contributed by atoms with Gasteiger partial charge in [-0.3, -0.25) is 9.59 Å². The highest BCUT2D eigenvalue weighted by atomic mass is 35.5. The number of alkyl halides is 1. The van der Waals surface area contributed by atoms with Crippen LogP contribution in [0.4, 0.5) is 5.00 Å². The second-order valence-electron chi connectivity index (χ2n) is 5.52. The average Bonchev–Trinajstić information content (AvgIpc) is 3.12. The molecule has 8 nitrogen and oxygen atoms in total. The maximum Gasteiger partial charge on any atom is 0.359 e. The molecular formula is C18H16ClN3O5S. The van der Waals surface area contributed by atoms with Gasteiger partial charge in [0.05, 0.1) is 24.8 Å². The number of rotatable bonds is 6. The minimum atomic E-state index is -0.664. The first-order chi connectivity index (χ1) is 13.5. The van der Waals surface area contributed by atoms with Gasteiger partial charge >= 0.3 is 5.97 Å². The molecule has 0 spiro atoms. The van der Waals surface area contributed by atoms with E-state index in [0.717, 1.165) is 16.0 Å². The molecule has 0 radical (unpaired) electrons. The SMILES string of the molecule is CCOC(=O)c1nn(-c2ccc(OC)cc2)c(=O)c2c(NC(=O)CCl)scc12. The van der Waals surface area contributed by atoms with Gasteiger partial charge in [-0.2, -0.15) is 9.78 Å². The van der Waals surface area contributed by atoms with E-state index >= 15 is 0 Å². The van der Waals surface area contributed by atoms with Gasteiger partial charge in [-0.25, -0.2) is 4.79 Å². The van der Waals surface area contributed by atoms with Gasteiger partial charge in [-0.15, -0.1) is 22.9 Å². The van der Waals surface area contributed by atoms with Crippen LogP contribution in [0, 0.1) is 0 Å². The van der Waals surface area contributed by atoms with Crippen molar-refractivity contribution in [1.82, 2.24) is 9.78 Å². The first kappa shape index (κ1) is 19.8. The number of thiophene rings is 1. The van der Waals surface area contributed by atoms with Crippen molar-refractivity contribution < 1.29 is 19.1 Å². The predicted octanol–water partition coefficient (Wildman–Crippen LogP) is 2.81. The second-order valence-corrected chi connectivity index (χ2v) is 6.67. The fraction of sp³-hybridized carbons (Fsp3) is 0.222. The number of carbonyl (C=O) groups excluding carboxylic acids is 2. The molecule has 2 heterocycles. The Morgan fingerprint density at radius 3 is 2.61 bits per heavy atom. The molecule has 3 rings (SSSR count). The van der Waals surface area contributed by atoms with Crippen molar-refractivity contribution in [3.05, 3.63) is 45.7 Å². The van der Waals surface area contributed by atoms with Crippen LogP contribution in [-0.2, 0) is 9.53 Å². The standard InChI is InChI=1S/C18H16ClN3O5S/c1-3-27-18(25)15-12-9-28-16(20-13(23)8-19)14(12)17(24)22(21-15)10-4-6-11(26-2)7-5-10/h4-7,9H,3,8H2,1-2H3,(H,20,23). The molecule has 0 fully saturated rings. The minimum Gasteiger partial charge on any atom is -0.497 e. The van der Waals surface area contributed by atoms with Crippen LogP contribution in [0.2, 0.25) is 0 Å². The van der Waals surface area contributed by atoms with E-state index in [2.05, 4.69) is 10.4 Å². The van der Waals surface area contributed by atoms with Gasteiger partial charge < -0.3 is 14.8 Å². The average molecular weight is 422 g/mol. The van der Waals surface area contributed by atoms with Crippen LogP contribution >= 0.6 is 22.9 Å². The summed E-state index contributed by atoms with van der Waals surface area (Å²) in [5.74, 6) is -0.783. The third-order valence-corrected chi connectivity index (χ3v) is 4.95. The Hall–Kier alpha value is -2.91. The largest absolute Gasteiger partial charge is 0.497 e. The van der Waals surface area contributed by atoms with Crippen molar-refractivity contribution in [2.45, 2.75) is 6.92 Å². The summed E-state index contributed by atoms with van der Waals surface area (Å²) in [5.41, 5.74) is -0.0757. The van der Waals surface area contributed by atoms with Gasteiger partial charge in [0.25, 0.3) is 5.56 Å². The van der Waals surface area contributed by atoms with Gasteiger partial charge in [0.2, 0.25) is 5.91 Å². The molecule has 1 aromatic carbocycles. The van der Waals surface area contributed by atoms with Crippen molar-refractivity contribution in [2.24, 2.45) is 0 Å². The molecule has 0 atom stereocenters. The zero-order valence-electron chi connectivity index (χ0n) is 15.0. The maximum absolute atomic E-state index is 13.1. The van der Waals surface area contributed by atoms with Crippen molar-refractivity contribution in [3.63, 3.8) is 0 Å². The summed E-state index contributed by atoms with van der Waals surface area (Å²) < 4.78 is 11.3. The lowest BCUT2D eigenvalue weighted by molar-refractivity contribution is -0.113. The van der Waals surface area contributed by atoms with Crippen LogP contribution in [-0.4, -0.2) is 41.3 Å². The lowest BCUT2D eigenvalue weighted by Crippen LogP contribution is -2.25. The molecule has 0 saturated carbocycles. The number of ether oxygens (including phenoxy) is 2. The maximum atomic E-state index is 13.1. The Labute approximate surface area is 168 Å². The summed E-state index contributed by atoms with van der Waals surface area (Å²) in [7, 11) is 1.53. The number of carbonyl (C=O) groups is 2. The molecule has 3 aromatic rings. The number of anilines is 1. The van der Waals surface area contributed by atoms with Crippen LogP contribution in [0.1, 0.15) is 17.4 Å². The van der Waals surface area contributed by atoms with Crippen LogP contribution in [0.5, 0.6) is 5.75 Å². The van der Waals surface area contributed by atoms with Gasteiger partial charge in [0.1, 0.15) is 16.6 Å². The van der Waals surface area contributed by atoms with E-state index in [1.807, 2.05) is 0 Å². The molecule has 146 valence electrons. The topological polar surface area (TPSA) is 99.5 Å². The third kappa shape index (κ3) is 3.71. The number of nitrogens with one attached hydrogen (secondary N) is 1. The predicted molar refractivity (Wildman–Crippen MR) is 107 cm³/mol. The number of fused-ring (bicyclic) bond motifs is 1. The van der Waals surface area contributed by atoms with Gasteiger partial charge in [-0.05, 0) is 31.2 Å². The highest BCUT2D eigenvalue weighted by molar-refractivity contribution is 7.16. The summed E-state index contributed by atoms with van der Waals surface area (Å²) in [6, 6.07) is 6.61. The molecule has 0 saturated heterocycles. The number of nitrogens with zero attached hydrogens (tertiary/aromatic N) is 2. The lowest BCUT2D eigenvalue weighted by Gasteiger charge is -2.10. The molecule has 10 heteroatoms. The molecule has 28 heavy (non-hydrogen) atoms. The van der Waals surface area contributed by atoms with Crippen molar-refractivity contribution in [1.29, 1.82) is 0 Å². The van der Waals surface area contributed by atoms with Gasteiger partial charge in [-0.1, -0.05) is 0 Å².